The van der Waals surface area contributed by atoms with Gasteiger partial charge in [0.2, 0.25) is 0 Å². The summed E-state index contributed by atoms with van der Waals surface area (Å²) in [5.41, 5.74) is 5.06. The van der Waals surface area contributed by atoms with Gasteiger partial charge < -0.3 is 5.73 Å². The van der Waals surface area contributed by atoms with Gasteiger partial charge in [-0.3, -0.25) is 4.57 Å². The monoisotopic (exact) mass is 245 g/mol. The molecule has 2 aromatic heterocycles. The van der Waals surface area contributed by atoms with E-state index in [0.717, 1.165) is 9.75 Å². The molecular weight excluding hydrogens is 234 g/mol. The van der Waals surface area contributed by atoms with Crippen molar-refractivity contribution in [3.8, 4) is 11.8 Å². The van der Waals surface area contributed by atoms with Gasteiger partial charge in [-0.2, -0.15) is 0 Å². The van der Waals surface area contributed by atoms with Crippen molar-refractivity contribution in [1.82, 2.24) is 9.55 Å². The second-order valence-electron chi connectivity index (χ2n) is 3.30. The number of hydrogen-bond donors (Lipinski definition) is 1. The second-order valence-corrected chi connectivity index (χ2v) is 4.47. The largest absolute Gasteiger partial charge is 0.347 e. The molecule has 2 N–H and O–H groups in total. The molecule has 0 aliphatic heterocycles. The highest BCUT2D eigenvalue weighted by molar-refractivity contribution is 7.12. The van der Waals surface area contributed by atoms with Crippen molar-refractivity contribution >= 4 is 11.3 Å². The summed E-state index contributed by atoms with van der Waals surface area (Å²) in [4.78, 5) is 17.1. The summed E-state index contributed by atoms with van der Waals surface area (Å²) < 4.78 is 1.56. The van der Waals surface area contributed by atoms with E-state index in [-0.39, 0.29) is 5.69 Å². The van der Waals surface area contributed by atoms with Crippen molar-refractivity contribution < 1.29 is 0 Å². The van der Waals surface area contributed by atoms with Crippen molar-refractivity contribution in [3.05, 3.63) is 50.8 Å². The highest BCUT2D eigenvalue weighted by Crippen LogP contribution is 2.15. The molecule has 0 unspecified atom stereocenters. The lowest BCUT2D eigenvalue weighted by molar-refractivity contribution is 0.735. The fourth-order valence-electron chi connectivity index (χ4n) is 1.34. The zero-order valence-electron chi connectivity index (χ0n) is 9.09. The van der Waals surface area contributed by atoms with Gasteiger partial charge in [-0.1, -0.05) is 11.8 Å². The van der Waals surface area contributed by atoms with Crippen LogP contribution in [0.1, 0.15) is 9.75 Å². The third-order valence-electron chi connectivity index (χ3n) is 2.08. The first-order valence-electron chi connectivity index (χ1n) is 5.08. The highest BCUT2D eigenvalue weighted by atomic mass is 32.1. The average molecular weight is 245 g/mol. The standard InChI is InChI=1S/C12H11N3OS/c13-6-1-3-10-4-5-11(17-10)9-15-8-2-7-14-12(15)16/h2,4-5,7-8H,6,9,13H2. The Labute approximate surface area is 103 Å². The SMILES string of the molecule is NCC#Cc1ccc(Cn2cccnc2=O)s1. The number of rotatable bonds is 2. The fraction of sp³-hybridized carbons (Fsp3) is 0.167. The van der Waals surface area contributed by atoms with Crippen LogP contribution in [0, 0.1) is 11.8 Å². The fourth-order valence-corrected chi connectivity index (χ4v) is 2.23. The van der Waals surface area contributed by atoms with Crippen LogP contribution < -0.4 is 11.4 Å². The lowest BCUT2D eigenvalue weighted by Gasteiger charge is -2.00. The molecule has 86 valence electrons. The Bertz CT molecular complexity index is 618. The van der Waals surface area contributed by atoms with Crippen molar-refractivity contribution in [2.45, 2.75) is 6.54 Å². The predicted molar refractivity (Wildman–Crippen MR) is 67.9 cm³/mol. The Hall–Kier alpha value is -1.90. The van der Waals surface area contributed by atoms with Gasteiger partial charge in [-0.15, -0.1) is 11.3 Å². The third-order valence-corrected chi connectivity index (χ3v) is 3.07. The molecule has 2 heterocycles. The maximum Gasteiger partial charge on any atom is 0.347 e. The molecule has 0 fully saturated rings. The number of nitrogens with zero attached hydrogens (tertiary/aromatic N) is 2. The van der Waals surface area contributed by atoms with E-state index >= 15 is 0 Å². The highest BCUT2D eigenvalue weighted by Gasteiger charge is 2.00. The minimum atomic E-state index is -0.240. The second kappa shape index (κ2) is 5.43. The normalized spacial score (nSPS) is 9.71. The Morgan fingerprint density at radius 1 is 1.47 bits per heavy atom. The zero-order chi connectivity index (χ0) is 12.1. The van der Waals surface area contributed by atoms with Crippen LogP contribution in [0.5, 0.6) is 0 Å². The molecule has 4 nitrogen and oxygen atoms in total. The van der Waals surface area contributed by atoms with Gasteiger partial charge in [0.1, 0.15) is 0 Å². The Morgan fingerprint density at radius 2 is 2.35 bits per heavy atom. The van der Waals surface area contributed by atoms with Gasteiger partial charge in [0.05, 0.1) is 18.0 Å². The van der Waals surface area contributed by atoms with Crippen molar-refractivity contribution in [2.24, 2.45) is 5.73 Å². The van der Waals surface area contributed by atoms with Crippen molar-refractivity contribution in [2.75, 3.05) is 6.54 Å². The van der Waals surface area contributed by atoms with Gasteiger partial charge in [0, 0.05) is 17.3 Å². The van der Waals surface area contributed by atoms with Crippen LogP contribution in [-0.2, 0) is 6.54 Å². The summed E-state index contributed by atoms with van der Waals surface area (Å²) in [6, 6.07) is 5.64. The molecule has 0 spiro atoms. The maximum atomic E-state index is 11.4. The Balaban J connectivity index is 2.17. The molecule has 2 rings (SSSR count). The lowest BCUT2D eigenvalue weighted by atomic mass is 10.4. The van der Waals surface area contributed by atoms with Crippen LogP contribution in [0.2, 0.25) is 0 Å². The molecule has 0 aliphatic carbocycles. The van der Waals surface area contributed by atoms with Crippen LogP contribution in [0.15, 0.2) is 35.4 Å². The van der Waals surface area contributed by atoms with E-state index in [9.17, 15) is 4.79 Å². The molecule has 0 atom stereocenters. The van der Waals surface area contributed by atoms with Crippen molar-refractivity contribution in [1.29, 1.82) is 0 Å². The topological polar surface area (TPSA) is 60.9 Å². The van der Waals surface area contributed by atoms with Crippen LogP contribution >= 0.6 is 11.3 Å². The smallest absolute Gasteiger partial charge is 0.320 e. The minimum absolute atomic E-state index is 0.240. The van der Waals surface area contributed by atoms with Crippen LogP contribution in [0.3, 0.4) is 0 Å². The predicted octanol–water partition coefficient (Wildman–Crippen LogP) is 0.663. The molecule has 0 saturated heterocycles. The van der Waals surface area contributed by atoms with E-state index in [2.05, 4.69) is 16.8 Å². The number of nitrogens with two attached hydrogens (primary N) is 1. The van der Waals surface area contributed by atoms with E-state index < -0.39 is 0 Å². The van der Waals surface area contributed by atoms with Gasteiger partial charge in [0.25, 0.3) is 0 Å². The van der Waals surface area contributed by atoms with Gasteiger partial charge >= 0.3 is 5.69 Å². The molecule has 0 bridgehead atoms. The first kappa shape index (κ1) is 11.6. The summed E-state index contributed by atoms with van der Waals surface area (Å²) in [5, 5.41) is 0. The third kappa shape index (κ3) is 3.03. The summed E-state index contributed by atoms with van der Waals surface area (Å²) in [6.45, 7) is 0.886. The average Bonchev–Trinajstić information content (AvgIpc) is 2.77. The molecule has 2 aromatic rings. The van der Waals surface area contributed by atoms with Gasteiger partial charge in [-0.25, -0.2) is 9.78 Å². The van der Waals surface area contributed by atoms with E-state index in [4.69, 9.17) is 5.73 Å². The summed E-state index contributed by atoms with van der Waals surface area (Å²) in [7, 11) is 0. The van der Waals surface area contributed by atoms with Gasteiger partial charge in [-0.05, 0) is 18.2 Å². The molecule has 0 aliphatic rings. The number of hydrogen-bond acceptors (Lipinski definition) is 4. The minimum Gasteiger partial charge on any atom is -0.320 e. The molecule has 0 saturated carbocycles. The van der Waals surface area contributed by atoms with E-state index in [1.165, 1.54) is 6.20 Å². The molecular formula is C12H11N3OS. The Morgan fingerprint density at radius 3 is 3.12 bits per heavy atom. The molecule has 0 amide bonds. The summed E-state index contributed by atoms with van der Waals surface area (Å²) in [5.74, 6) is 5.77. The van der Waals surface area contributed by atoms with Crippen LogP contribution in [0.25, 0.3) is 0 Å². The van der Waals surface area contributed by atoms with Crippen LogP contribution in [0.4, 0.5) is 0 Å². The van der Waals surface area contributed by atoms with E-state index in [1.54, 1.807) is 28.2 Å². The summed E-state index contributed by atoms with van der Waals surface area (Å²) >= 11 is 1.56. The summed E-state index contributed by atoms with van der Waals surface area (Å²) in [6.07, 6.45) is 3.21. The maximum absolute atomic E-state index is 11.4. The molecule has 0 radical (unpaired) electrons. The molecule has 0 aromatic carbocycles. The first-order valence-corrected chi connectivity index (χ1v) is 5.90. The quantitative estimate of drug-likeness (QED) is 0.791. The first-order chi connectivity index (χ1) is 8.29. The number of aromatic nitrogens is 2. The zero-order valence-corrected chi connectivity index (χ0v) is 9.91. The van der Waals surface area contributed by atoms with Crippen molar-refractivity contribution in [3.63, 3.8) is 0 Å². The van der Waals surface area contributed by atoms with E-state index in [1.807, 2.05) is 12.1 Å². The molecule has 5 heteroatoms. The Kier molecular flexibility index (Phi) is 3.70. The van der Waals surface area contributed by atoms with Gasteiger partial charge in [0.15, 0.2) is 0 Å². The van der Waals surface area contributed by atoms with Crippen LogP contribution in [-0.4, -0.2) is 16.1 Å². The lowest BCUT2D eigenvalue weighted by Crippen LogP contribution is -2.21. The molecule has 17 heavy (non-hydrogen) atoms. The van der Waals surface area contributed by atoms with E-state index in [0.29, 0.717) is 13.1 Å². The number of thiophene rings is 1.